The van der Waals surface area contributed by atoms with Crippen molar-refractivity contribution in [1.82, 2.24) is 9.97 Å². The fourth-order valence-electron chi connectivity index (χ4n) is 1.61. The van der Waals surface area contributed by atoms with Gasteiger partial charge in [-0.25, -0.2) is 4.98 Å². The maximum absolute atomic E-state index is 9.10. The van der Waals surface area contributed by atoms with Crippen molar-refractivity contribution in [3.05, 3.63) is 36.2 Å². The number of benzene rings is 1. The Bertz CT molecular complexity index is 561. The smallest absolute Gasteiger partial charge is 0.268 e. The average molecular weight is 261 g/mol. The van der Waals surface area contributed by atoms with Crippen molar-refractivity contribution in [2.75, 3.05) is 19.5 Å². The summed E-state index contributed by atoms with van der Waals surface area (Å²) >= 11 is 0. The van der Waals surface area contributed by atoms with Crippen LogP contribution in [0.1, 0.15) is 5.56 Å². The van der Waals surface area contributed by atoms with Gasteiger partial charge < -0.3 is 19.9 Å². The molecule has 6 heteroatoms. The molecule has 0 aliphatic rings. The van der Waals surface area contributed by atoms with E-state index in [4.69, 9.17) is 14.6 Å². The Labute approximate surface area is 111 Å². The summed E-state index contributed by atoms with van der Waals surface area (Å²) in [6.45, 7) is -0.0418. The summed E-state index contributed by atoms with van der Waals surface area (Å²) in [4.78, 5) is 8.08. The van der Waals surface area contributed by atoms with Crippen molar-refractivity contribution in [3.63, 3.8) is 0 Å². The van der Waals surface area contributed by atoms with E-state index in [1.54, 1.807) is 25.2 Å². The molecule has 2 rings (SSSR count). The van der Waals surface area contributed by atoms with Gasteiger partial charge in [0.15, 0.2) is 5.82 Å². The maximum Gasteiger partial charge on any atom is 0.268 e. The number of aliphatic hydroxyl groups is 1. The molecule has 0 amide bonds. The molecule has 0 aliphatic carbocycles. The lowest BCUT2D eigenvalue weighted by Crippen LogP contribution is -2.01. The van der Waals surface area contributed by atoms with Crippen LogP contribution in [0.4, 0.5) is 5.82 Å². The van der Waals surface area contributed by atoms with E-state index >= 15 is 0 Å². The number of hydrogen-bond donors (Lipinski definition) is 2. The van der Waals surface area contributed by atoms with Gasteiger partial charge >= 0.3 is 0 Å². The zero-order chi connectivity index (χ0) is 13.7. The summed E-state index contributed by atoms with van der Waals surface area (Å²) in [6.07, 6.45) is 1.39. The lowest BCUT2D eigenvalue weighted by molar-refractivity contribution is 0.281. The quantitative estimate of drug-likeness (QED) is 0.854. The highest BCUT2D eigenvalue weighted by Crippen LogP contribution is 2.33. The molecule has 6 nitrogen and oxygen atoms in total. The number of nitrogens with one attached hydrogen (secondary N) is 1. The lowest BCUT2D eigenvalue weighted by Gasteiger charge is -2.12. The van der Waals surface area contributed by atoms with Crippen LogP contribution >= 0.6 is 0 Å². The normalized spacial score (nSPS) is 10.1. The van der Waals surface area contributed by atoms with Crippen molar-refractivity contribution in [3.8, 4) is 17.4 Å². The molecule has 0 spiro atoms. The number of aromatic nitrogens is 2. The van der Waals surface area contributed by atoms with E-state index in [0.717, 1.165) is 5.56 Å². The van der Waals surface area contributed by atoms with E-state index < -0.39 is 0 Å². The Hall–Kier alpha value is -2.34. The number of anilines is 1. The Morgan fingerprint density at radius 2 is 2.16 bits per heavy atom. The van der Waals surface area contributed by atoms with Crippen LogP contribution < -0.4 is 14.8 Å². The molecule has 0 fully saturated rings. The van der Waals surface area contributed by atoms with Crippen molar-refractivity contribution in [2.45, 2.75) is 6.61 Å². The second kappa shape index (κ2) is 6.01. The van der Waals surface area contributed by atoms with Crippen LogP contribution in [-0.4, -0.2) is 29.2 Å². The molecule has 0 aliphatic heterocycles. The molecule has 0 atom stereocenters. The Morgan fingerprint density at radius 3 is 2.84 bits per heavy atom. The Kier molecular flexibility index (Phi) is 4.15. The second-order valence-corrected chi connectivity index (χ2v) is 3.72. The predicted octanol–water partition coefficient (Wildman–Crippen LogP) is 1.81. The predicted molar refractivity (Wildman–Crippen MR) is 70.6 cm³/mol. The minimum atomic E-state index is -0.0418. The molecule has 1 aromatic heterocycles. The molecule has 1 aromatic carbocycles. The number of hydrogen-bond acceptors (Lipinski definition) is 6. The third-order valence-electron chi connectivity index (χ3n) is 2.51. The van der Waals surface area contributed by atoms with Crippen molar-refractivity contribution >= 4 is 5.82 Å². The van der Waals surface area contributed by atoms with Crippen LogP contribution in [0.2, 0.25) is 0 Å². The highest BCUT2D eigenvalue weighted by atomic mass is 16.5. The van der Waals surface area contributed by atoms with Gasteiger partial charge in [0.2, 0.25) is 5.75 Å². The number of ether oxygens (including phenoxy) is 2. The minimum absolute atomic E-state index is 0.0418. The molecule has 2 N–H and O–H groups in total. The monoisotopic (exact) mass is 261 g/mol. The van der Waals surface area contributed by atoms with Gasteiger partial charge in [-0.15, -0.1) is 0 Å². The van der Waals surface area contributed by atoms with Crippen LogP contribution in [0, 0.1) is 0 Å². The highest BCUT2D eigenvalue weighted by Gasteiger charge is 2.13. The molecule has 2 aromatic rings. The van der Waals surface area contributed by atoms with E-state index in [1.807, 2.05) is 6.07 Å². The molecule has 19 heavy (non-hydrogen) atoms. The molecule has 0 radical (unpaired) electrons. The molecule has 1 heterocycles. The van der Waals surface area contributed by atoms with Gasteiger partial charge in [0.1, 0.15) is 12.1 Å². The van der Waals surface area contributed by atoms with Crippen molar-refractivity contribution < 1.29 is 14.6 Å². The first kappa shape index (κ1) is 13.1. The number of nitrogens with zero attached hydrogens (tertiary/aromatic N) is 2. The summed E-state index contributed by atoms with van der Waals surface area (Å²) in [5, 5.41) is 12.0. The molecule has 0 saturated carbocycles. The molecule has 100 valence electrons. The molecule has 0 unspecified atom stereocenters. The van der Waals surface area contributed by atoms with Gasteiger partial charge in [0.05, 0.1) is 13.7 Å². The van der Waals surface area contributed by atoms with Gasteiger partial charge in [-0.2, -0.15) is 4.98 Å². The second-order valence-electron chi connectivity index (χ2n) is 3.72. The van der Waals surface area contributed by atoms with Gasteiger partial charge in [0.25, 0.3) is 5.88 Å². The summed E-state index contributed by atoms with van der Waals surface area (Å²) in [7, 11) is 3.26. The van der Waals surface area contributed by atoms with E-state index in [0.29, 0.717) is 23.2 Å². The zero-order valence-corrected chi connectivity index (χ0v) is 10.8. The fraction of sp³-hybridized carbons (Fsp3) is 0.231. The molecular formula is C13H15N3O3. The highest BCUT2D eigenvalue weighted by molar-refractivity contribution is 5.55. The first-order chi connectivity index (χ1) is 9.28. The number of aliphatic hydroxyl groups excluding tert-OH is 1. The van der Waals surface area contributed by atoms with Crippen molar-refractivity contribution in [1.29, 1.82) is 0 Å². The maximum atomic E-state index is 9.10. The molecule has 0 bridgehead atoms. The SMILES string of the molecule is CNc1ncnc(Oc2cccc(CO)c2)c1OC. The number of rotatable bonds is 5. The Balaban J connectivity index is 2.32. The van der Waals surface area contributed by atoms with Crippen LogP contribution in [0.3, 0.4) is 0 Å². The first-order valence-electron chi connectivity index (χ1n) is 5.73. The van der Waals surface area contributed by atoms with Crippen LogP contribution in [-0.2, 0) is 6.61 Å². The molecular weight excluding hydrogens is 246 g/mol. The average Bonchev–Trinajstić information content (AvgIpc) is 2.47. The van der Waals surface area contributed by atoms with Crippen molar-refractivity contribution in [2.24, 2.45) is 0 Å². The van der Waals surface area contributed by atoms with Gasteiger partial charge in [0, 0.05) is 7.05 Å². The van der Waals surface area contributed by atoms with E-state index in [2.05, 4.69) is 15.3 Å². The topological polar surface area (TPSA) is 76.5 Å². The Morgan fingerprint density at radius 1 is 1.32 bits per heavy atom. The van der Waals surface area contributed by atoms with E-state index in [-0.39, 0.29) is 6.61 Å². The third kappa shape index (κ3) is 2.92. The van der Waals surface area contributed by atoms with Gasteiger partial charge in [-0.1, -0.05) is 12.1 Å². The summed E-state index contributed by atoms with van der Waals surface area (Å²) in [5.74, 6) is 1.87. The minimum Gasteiger partial charge on any atom is -0.489 e. The van der Waals surface area contributed by atoms with E-state index in [1.165, 1.54) is 13.4 Å². The van der Waals surface area contributed by atoms with Crippen LogP contribution in [0.25, 0.3) is 0 Å². The van der Waals surface area contributed by atoms with Crippen LogP contribution in [0.5, 0.6) is 17.4 Å². The van der Waals surface area contributed by atoms with E-state index in [9.17, 15) is 0 Å². The van der Waals surface area contributed by atoms with Gasteiger partial charge in [-0.3, -0.25) is 0 Å². The van der Waals surface area contributed by atoms with Gasteiger partial charge in [-0.05, 0) is 17.7 Å². The standard InChI is InChI=1S/C13H15N3O3/c1-14-12-11(18-2)13(16-8-15-12)19-10-5-3-4-9(6-10)7-17/h3-6,8,17H,7H2,1-2H3,(H,14,15,16). The largest absolute Gasteiger partial charge is 0.489 e. The fourth-order valence-corrected chi connectivity index (χ4v) is 1.61. The third-order valence-corrected chi connectivity index (χ3v) is 2.51. The van der Waals surface area contributed by atoms with Crippen LogP contribution in [0.15, 0.2) is 30.6 Å². The number of methoxy groups -OCH3 is 1. The summed E-state index contributed by atoms with van der Waals surface area (Å²) in [6, 6.07) is 7.12. The first-order valence-corrected chi connectivity index (χ1v) is 5.73. The molecule has 0 saturated heterocycles. The lowest BCUT2D eigenvalue weighted by atomic mass is 10.2. The zero-order valence-electron chi connectivity index (χ0n) is 10.8. The summed E-state index contributed by atoms with van der Waals surface area (Å²) < 4.78 is 10.9. The summed E-state index contributed by atoms with van der Waals surface area (Å²) in [5.41, 5.74) is 0.763.